The van der Waals surface area contributed by atoms with Gasteiger partial charge < -0.3 is 5.32 Å². The van der Waals surface area contributed by atoms with Crippen LogP contribution in [-0.2, 0) is 6.42 Å². The molecule has 3 heteroatoms. The van der Waals surface area contributed by atoms with E-state index in [4.69, 9.17) is 0 Å². The summed E-state index contributed by atoms with van der Waals surface area (Å²) < 4.78 is 0. The number of hydrogen-bond acceptors (Lipinski definition) is 3. The first-order valence-corrected chi connectivity index (χ1v) is 7.73. The van der Waals surface area contributed by atoms with Gasteiger partial charge in [0.1, 0.15) is 0 Å². The number of aromatic nitrogens is 1. The van der Waals surface area contributed by atoms with Gasteiger partial charge in [-0.1, -0.05) is 33.1 Å². The fourth-order valence-electron chi connectivity index (χ4n) is 3.06. The number of nitrogens with one attached hydrogen (secondary N) is 1. The molecule has 96 valence electrons. The third kappa shape index (κ3) is 3.29. The minimum Gasteiger partial charge on any atom is -0.313 e. The fraction of sp³-hybridized carbons (Fsp3) is 0.786. The number of nitrogens with zero attached hydrogens (tertiary/aromatic N) is 1. The van der Waals surface area contributed by atoms with E-state index in [2.05, 4.69) is 24.1 Å². The summed E-state index contributed by atoms with van der Waals surface area (Å²) in [6.45, 7) is 5.76. The molecule has 1 fully saturated rings. The molecule has 0 amide bonds. The Balaban J connectivity index is 2.04. The lowest BCUT2D eigenvalue weighted by atomic mass is 9.69. The molecular formula is C14H24N2S. The van der Waals surface area contributed by atoms with Crippen LogP contribution in [-0.4, -0.2) is 17.6 Å². The summed E-state index contributed by atoms with van der Waals surface area (Å²) in [5, 5.41) is 3.71. The normalized spacial score (nSPS) is 21.3. The van der Waals surface area contributed by atoms with Crippen LogP contribution in [0.25, 0.3) is 0 Å². The molecule has 1 saturated carbocycles. The second kappa shape index (κ2) is 5.96. The van der Waals surface area contributed by atoms with Crippen LogP contribution in [0.2, 0.25) is 0 Å². The molecule has 1 aliphatic carbocycles. The lowest BCUT2D eigenvalue weighted by molar-refractivity contribution is 0.145. The van der Waals surface area contributed by atoms with Crippen LogP contribution in [0.5, 0.6) is 0 Å². The molecule has 0 spiro atoms. The van der Waals surface area contributed by atoms with E-state index in [1.807, 2.05) is 11.7 Å². The SMILES string of the molecule is CCNC(Cc1cncs1)C1(C)CCCCC1. The lowest BCUT2D eigenvalue weighted by Gasteiger charge is -2.41. The quantitative estimate of drug-likeness (QED) is 0.865. The molecule has 1 aromatic heterocycles. The minimum atomic E-state index is 0.484. The van der Waals surface area contributed by atoms with E-state index >= 15 is 0 Å². The molecule has 1 unspecified atom stereocenters. The first-order chi connectivity index (χ1) is 8.24. The Morgan fingerprint density at radius 3 is 2.76 bits per heavy atom. The number of rotatable bonds is 5. The van der Waals surface area contributed by atoms with Crippen LogP contribution in [0.1, 0.15) is 50.8 Å². The van der Waals surface area contributed by atoms with Crippen molar-refractivity contribution in [2.75, 3.05) is 6.54 Å². The van der Waals surface area contributed by atoms with Gasteiger partial charge >= 0.3 is 0 Å². The number of thiazole rings is 1. The van der Waals surface area contributed by atoms with Crippen molar-refractivity contribution in [1.82, 2.24) is 10.3 Å². The van der Waals surface area contributed by atoms with E-state index < -0.39 is 0 Å². The molecule has 1 heterocycles. The molecule has 2 nitrogen and oxygen atoms in total. The highest BCUT2D eigenvalue weighted by atomic mass is 32.1. The summed E-state index contributed by atoms with van der Waals surface area (Å²) in [5.74, 6) is 0. The fourth-order valence-corrected chi connectivity index (χ4v) is 3.71. The molecule has 0 aromatic carbocycles. The molecule has 17 heavy (non-hydrogen) atoms. The molecule has 1 atom stereocenters. The monoisotopic (exact) mass is 252 g/mol. The highest BCUT2D eigenvalue weighted by molar-refractivity contribution is 7.09. The zero-order chi connectivity index (χ0) is 12.1. The van der Waals surface area contributed by atoms with Crippen LogP contribution < -0.4 is 5.32 Å². The molecule has 0 bridgehead atoms. The summed E-state index contributed by atoms with van der Waals surface area (Å²) in [5.41, 5.74) is 2.43. The molecule has 1 aliphatic rings. The van der Waals surface area contributed by atoms with Crippen LogP contribution in [0.3, 0.4) is 0 Å². The number of hydrogen-bond donors (Lipinski definition) is 1. The van der Waals surface area contributed by atoms with Gasteiger partial charge in [0.2, 0.25) is 0 Å². The summed E-state index contributed by atoms with van der Waals surface area (Å²) >= 11 is 1.79. The predicted octanol–water partition coefficient (Wildman–Crippen LogP) is 3.63. The van der Waals surface area contributed by atoms with Gasteiger partial charge in [-0.3, -0.25) is 4.98 Å². The second-order valence-electron chi connectivity index (χ2n) is 5.50. The maximum atomic E-state index is 4.19. The van der Waals surface area contributed by atoms with Gasteiger partial charge in [-0.2, -0.15) is 0 Å². The molecular weight excluding hydrogens is 228 g/mol. The summed E-state index contributed by atoms with van der Waals surface area (Å²) in [7, 11) is 0. The Morgan fingerprint density at radius 1 is 1.41 bits per heavy atom. The molecule has 0 saturated heterocycles. The summed E-state index contributed by atoms with van der Waals surface area (Å²) in [6, 6.07) is 0.619. The van der Waals surface area contributed by atoms with E-state index in [0.29, 0.717) is 11.5 Å². The Morgan fingerprint density at radius 2 is 2.18 bits per heavy atom. The summed E-state index contributed by atoms with van der Waals surface area (Å²) in [4.78, 5) is 5.61. The predicted molar refractivity (Wildman–Crippen MR) is 74.5 cm³/mol. The molecule has 1 N–H and O–H groups in total. The van der Waals surface area contributed by atoms with Crippen LogP contribution in [0.15, 0.2) is 11.7 Å². The zero-order valence-electron chi connectivity index (χ0n) is 11.0. The Labute approximate surface area is 109 Å². The lowest BCUT2D eigenvalue weighted by Crippen LogP contribution is -2.46. The molecule has 1 aromatic rings. The smallest absolute Gasteiger partial charge is 0.0794 e. The molecule has 0 aliphatic heterocycles. The third-order valence-corrected chi connectivity index (χ3v) is 4.98. The van der Waals surface area contributed by atoms with E-state index in [-0.39, 0.29) is 0 Å². The highest BCUT2D eigenvalue weighted by Crippen LogP contribution is 2.40. The van der Waals surface area contributed by atoms with E-state index in [0.717, 1.165) is 13.0 Å². The van der Waals surface area contributed by atoms with Crippen molar-refractivity contribution in [3.8, 4) is 0 Å². The van der Waals surface area contributed by atoms with Gasteiger partial charge in [0, 0.05) is 17.1 Å². The Kier molecular flexibility index (Phi) is 4.57. The van der Waals surface area contributed by atoms with Gasteiger partial charge in [0.25, 0.3) is 0 Å². The second-order valence-corrected chi connectivity index (χ2v) is 6.47. The van der Waals surface area contributed by atoms with Gasteiger partial charge in [-0.25, -0.2) is 0 Å². The minimum absolute atomic E-state index is 0.484. The van der Waals surface area contributed by atoms with Crippen LogP contribution >= 0.6 is 11.3 Å². The molecule has 0 radical (unpaired) electrons. The van der Waals surface area contributed by atoms with E-state index in [1.54, 1.807) is 11.3 Å². The number of likely N-dealkylation sites (N-methyl/N-ethyl adjacent to an activating group) is 1. The van der Waals surface area contributed by atoms with Crippen LogP contribution in [0, 0.1) is 5.41 Å². The first kappa shape index (κ1) is 13.0. The van der Waals surface area contributed by atoms with Crippen LogP contribution in [0.4, 0.5) is 0 Å². The zero-order valence-corrected chi connectivity index (χ0v) is 11.9. The van der Waals surface area contributed by atoms with Gasteiger partial charge in [-0.05, 0) is 31.2 Å². The third-order valence-electron chi connectivity index (χ3n) is 4.18. The topological polar surface area (TPSA) is 24.9 Å². The van der Waals surface area contributed by atoms with E-state index in [9.17, 15) is 0 Å². The van der Waals surface area contributed by atoms with Gasteiger partial charge in [0.05, 0.1) is 5.51 Å². The van der Waals surface area contributed by atoms with Crippen molar-refractivity contribution in [2.45, 2.75) is 58.4 Å². The maximum Gasteiger partial charge on any atom is 0.0794 e. The standard InChI is InChI=1S/C14H24N2S/c1-3-16-13(9-12-10-15-11-17-12)14(2)7-5-4-6-8-14/h10-11,13,16H,3-9H2,1-2H3. The maximum absolute atomic E-state index is 4.19. The van der Waals surface area contributed by atoms with Crippen molar-refractivity contribution < 1.29 is 0 Å². The summed E-state index contributed by atoms with van der Waals surface area (Å²) in [6.07, 6.45) is 10.2. The average Bonchev–Trinajstić information content (AvgIpc) is 2.82. The average molecular weight is 252 g/mol. The van der Waals surface area contributed by atoms with Gasteiger partial charge in [0.15, 0.2) is 0 Å². The van der Waals surface area contributed by atoms with E-state index in [1.165, 1.54) is 37.0 Å². The van der Waals surface area contributed by atoms with Crippen molar-refractivity contribution in [3.05, 3.63) is 16.6 Å². The van der Waals surface area contributed by atoms with Crippen molar-refractivity contribution in [3.63, 3.8) is 0 Å². The Hall–Kier alpha value is -0.410. The van der Waals surface area contributed by atoms with Crippen molar-refractivity contribution in [2.24, 2.45) is 5.41 Å². The largest absolute Gasteiger partial charge is 0.313 e. The highest BCUT2D eigenvalue weighted by Gasteiger charge is 2.35. The Bertz CT molecular complexity index is 315. The van der Waals surface area contributed by atoms with Crippen molar-refractivity contribution in [1.29, 1.82) is 0 Å². The van der Waals surface area contributed by atoms with Gasteiger partial charge in [-0.15, -0.1) is 11.3 Å². The first-order valence-electron chi connectivity index (χ1n) is 6.85. The van der Waals surface area contributed by atoms with Crippen molar-refractivity contribution >= 4 is 11.3 Å². The molecule has 2 rings (SSSR count).